The molecule has 5 rings (SSSR count). The van der Waals surface area contributed by atoms with E-state index in [1.807, 2.05) is 6.92 Å². The molecular formula is C29H24ClNO7. The normalized spacial score (nSPS) is 15.3. The lowest BCUT2D eigenvalue weighted by atomic mass is 9.94. The van der Waals surface area contributed by atoms with Gasteiger partial charge in [-0.15, -0.1) is 0 Å². The van der Waals surface area contributed by atoms with Crippen molar-refractivity contribution in [3.8, 4) is 17.2 Å². The lowest BCUT2D eigenvalue weighted by Crippen LogP contribution is -2.31. The quantitative estimate of drug-likeness (QED) is 0.266. The van der Waals surface area contributed by atoms with E-state index in [0.29, 0.717) is 51.1 Å². The lowest BCUT2D eigenvalue weighted by molar-refractivity contribution is -0.117. The molecule has 9 heteroatoms. The van der Waals surface area contributed by atoms with E-state index in [1.54, 1.807) is 66.7 Å². The Hall–Kier alpha value is -4.43. The van der Waals surface area contributed by atoms with Gasteiger partial charge in [-0.05, 0) is 55.0 Å². The van der Waals surface area contributed by atoms with Gasteiger partial charge < -0.3 is 23.7 Å². The predicted molar refractivity (Wildman–Crippen MR) is 143 cm³/mol. The molecule has 194 valence electrons. The number of aliphatic hydroxyl groups is 1. The first kappa shape index (κ1) is 25.2. The second-order valence-corrected chi connectivity index (χ2v) is 8.92. The number of rotatable bonds is 8. The lowest BCUT2D eigenvalue weighted by Gasteiger charge is -2.27. The third-order valence-corrected chi connectivity index (χ3v) is 6.53. The Bertz CT molecular complexity index is 1590. The Balaban J connectivity index is 1.69. The molecule has 2 heterocycles. The average molecular weight is 534 g/mol. The van der Waals surface area contributed by atoms with Gasteiger partial charge in [0.25, 0.3) is 5.91 Å². The number of fused-ring (bicyclic) bond motifs is 1. The maximum atomic E-state index is 13.9. The summed E-state index contributed by atoms with van der Waals surface area (Å²) in [4.78, 5) is 28.7. The van der Waals surface area contributed by atoms with E-state index in [1.165, 1.54) is 19.1 Å². The van der Waals surface area contributed by atoms with E-state index < -0.39 is 23.5 Å². The summed E-state index contributed by atoms with van der Waals surface area (Å²) in [5.74, 6) is -0.745. The molecule has 0 spiro atoms. The van der Waals surface area contributed by atoms with E-state index in [0.717, 1.165) is 0 Å². The Morgan fingerprint density at radius 3 is 2.47 bits per heavy atom. The second kappa shape index (κ2) is 10.1. The van der Waals surface area contributed by atoms with Crippen molar-refractivity contribution >= 4 is 39.9 Å². The molecule has 0 saturated carbocycles. The molecule has 1 unspecified atom stereocenters. The van der Waals surface area contributed by atoms with Gasteiger partial charge in [-0.3, -0.25) is 14.5 Å². The number of para-hydroxylation sites is 1. The van der Waals surface area contributed by atoms with Crippen molar-refractivity contribution in [2.45, 2.75) is 13.0 Å². The van der Waals surface area contributed by atoms with E-state index in [4.69, 9.17) is 30.2 Å². The van der Waals surface area contributed by atoms with Gasteiger partial charge in [-0.2, -0.15) is 0 Å². The number of anilines is 1. The van der Waals surface area contributed by atoms with Gasteiger partial charge in [0.15, 0.2) is 34.4 Å². The summed E-state index contributed by atoms with van der Waals surface area (Å²) in [7, 11) is 3.02. The Kier molecular flexibility index (Phi) is 6.73. The second-order valence-electron chi connectivity index (χ2n) is 8.48. The third kappa shape index (κ3) is 4.22. The molecule has 3 aromatic carbocycles. The number of nitrogens with zero attached hydrogens (tertiary/aromatic N) is 1. The predicted octanol–water partition coefficient (Wildman–Crippen LogP) is 6.29. The summed E-state index contributed by atoms with van der Waals surface area (Å²) in [6, 6.07) is 17.5. The molecule has 1 aromatic heterocycles. The number of amides is 1. The van der Waals surface area contributed by atoms with Gasteiger partial charge in [0.05, 0.1) is 32.4 Å². The van der Waals surface area contributed by atoms with Gasteiger partial charge in [0.2, 0.25) is 5.78 Å². The fraction of sp³-hybridized carbons (Fsp3) is 0.172. The highest BCUT2D eigenvalue weighted by Crippen LogP contribution is 2.45. The molecule has 1 atom stereocenters. The summed E-state index contributed by atoms with van der Waals surface area (Å²) in [6.45, 7) is 2.20. The maximum Gasteiger partial charge on any atom is 0.294 e. The summed E-state index contributed by atoms with van der Waals surface area (Å²) in [5.41, 5.74) is 1.17. The molecule has 4 aromatic rings. The smallest absolute Gasteiger partial charge is 0.294 e. The Labute approximate surface area is 223 Å². The fourth-order valence-corrected chi connectivity index (χ4v) is 4.80. The molecular weight excluding hydrogens is 510 g/mol. The number of Topliss-reactive ketones (excluding diaryl/α,β-unsaturated/α-hetero) is 1. The van der Waals surface area contributed by atoms with Crippen molar-refractivity contribution in [1.29, 1.82) is 0 Å². The van der Waals surface area contributed by atoms with Crippen LogP contribution in [0.1, 0.15) is 29.1 Å². The number of methoxy groups -OCH3 is 2. The van der Waals surface area contributed by atoms with Crippen molar-refractivity contribution in [3.63, 3.8) is 0 Å². The summed E-state index contributed by atoms with van der Waals surface area (Å²) in [6.07, 6.45) is 0. The molecule has 38 heavy (non-hydrogen) atoms. The number of halogens is 1. The molecule has 1 aliphatic heterocycles. The highest BCUT2D eigenvalue weighted by Gasteiger charge is 2.45. The van der Waals surface area contributed by atoms with Crippen molar-refractivity contribution in [2.24, 2.45) is 0 Å². The van der Waals surface area contributed by atoms with Crippen LogP contribution >= 0.6 is 11.6 Å². The van der Waals surface area contributed by atoms with Crippen molar-refractivity contribution < 1.29 is 33.3 Å². The van der Waals surface area contributed by atoms with E-state index in [9.17, 15) is 14.7 Å². The number of carbonyl (C=O) groups excluding carboxylic acids is 2. The van der Waals surface area contributed by atoms with Gasteiger partial charge in [0, 0.05) is 16.1 Å². The number of ketones is 1. The van der Waals surface area contributed by atoms with Crippen LogP contribution in [0.4, 0.5) is 5.69 Å². The van der Waals surface area contributed by atoms with Gasteiger partial charge >= 0.3 is 0 Å². The van der Waals surface area contributed by atoms with Gasteiger partial charge in [0.1, 0.15) is 0 Å². The molecule has 0 aliphatic carbocycles. The minimum absolute atomic E-state index is 0.0460. The molecule has 0 saturated heterocycles. The number of benzene rings is 3. The minimum atomic E-state index is -1.01. The fourth-order valence-electron chi connectivity index (χ4n) is 4.62. The largest absolute Gasteiger partial charge is 0.503 e. The van der Waals surface area contributed by atoms with Crippen LogP contribution in [0.3, 0.4) is 0 Å². The molecule has 0 fully saturated rings. The summed E-state index contributed by atoms with van der Waals surface area (Å²) >= 11 is 6.23. The van der Waals surface area contributed by atoms with E-state index in [-0.39, 0.29) is 11.3 Å². The Morgan fingerprint density at radius 1 is 1.00 bits per heavy atom. The first-order chi connectivity index (χ1) is 18.4. The van der Waals surface area contributed by atoms with Crippen LogP contribution in [0.5, 0.6) is 17.2 Å². The number of aliphatic hydroxyl groups excluding tert-OH is 1. The zero-order valence-corrected chi connectivity index (χ0v) is 21.6. The van der Waals surface area contributed by atoms with Gasteiger partial charge in [-0.25, -0.2) is 0 Å². The summed E-state index contributed by atoms with van der Waals surface area (Å²) < 4.78 is 22.4. The standard InChI is InChI=1S/C29H24ClNO7/c1-4-37-22-13-16(11-12-20(22)35-2)25-24(27(33)29(34)31(25)19-9-6-8-18(30)15-19)26(32)23-14-17-7-5-10-21(36-3)28(17)38-23/h5-15,25,33H,4H2,1-3H3. The highest BCUT2D eigenvalue weighted by atomic mass is 35.5. The molecule has 0 bridgehead atoms. The van der Waals surface area contributed by atoms with Crippen molar-refractivity contribution in [2.75, 3.05) is 25.7 Å². The number of ether oxygens (including phenoxy) is 3. The number of hydrogen-bond acceptors (Lipinski definition) is 7. The number of carbonyl (C=O) groups is 2. The monoisotopic (exact) mass is 533 g/mol. The van der Waals surface area contributed by atoms with E-state index >= 15 is 0 Å². The zero-order valence-electron chi connectivity index (χ0n) is 20.9. The first-order valence-electron chi connectivity index (χ1n) is 11.8. The van der Waals surface area contributed by atoms with Crippen molar-refractivity contribution in [3.05, 3.63) is 94.4 Å². The summed E-state index contributed by atoms with van der Waals surface area (Å²) in [5, 5.41) is 12.1. The minimum Gasteiger partial charge on any atom is -0.503 e. The SMILES string of the molecule is CCOc1cc(C2C(C(=O)c3cc4cccc(OC)c4o3)=C(O)C(=O)N2c2cccc(Cl)c2)ccc1OC. The molecule has 1 N–H and O–H groups in total. The maximum absolute atomic E-state index is 13.9. The Morgan fingerprint density at radius 2 is 1.76 bits per heavy atom. The highest BCUT2D eigenvalue weighted by molar-refractivity contribution is 6.31. The van der Waals surface area contributed by atoms with E-state index in [2.05, 4.69) is 0 Å². The molecule has 0 radical (unpaired) electrons. The van der Waals surface area contributed by atoms with Crippen LogP contribution < -0.4 is 19.1 Å². The topological polar surface area (TPSA) is 98.4 Å². The van der Waals surface area contributed by atoms with Crippen molar-refractivity contribution in [1.82, 2.24) is 0 Å². The molecule has 1 aliphatic rings. The third-order valence-electron chi connectivity index (χ3n) is 6.29. The van der Waals surface area contributed by atoms with Crippen LogP contribution in [-0.2, 0) is 4.79 Å². The van der Waals surface area contributed by atoms with Crippen LogP contribution in [0.25, 0.3) is 11.0 Å². The van der Waals surface area contributed by atoms with Crippen LogP contribution in [0.15, 0.2) is 82.5 Å². The van der Waals surface area contributed by atoms with Crippen LogP contribution in [0, 0.1) is 0 Å². The molecule has 8 nitrogen and oxygen atoms in total. The zero-order chi connectivity index (χ0) is 27.0. The van der Waals surface area contributed by atoms with Gasteiger partial charge in [-0.1, -0.05) is 35.9 Å². The average Bonchev–Trinajstić information content (AvgIpc) is 3.47. The number of furan rings is 1. The van der Waals surface area contributed by atoms with Crippen LogP contribution in [-0.4, -0.2) is 37.6 Å². The van der Waals surface area contributed by atoms with Crippen LogP contribution in [0.2, 0.25) is 5.02 Å². The number of hydrogen-bond donors (Lipinski definition) is 1. The first-order valence-corrected chi connectivity index (χ1v) is 12.2. The molecule has 1 amide bonds.